The van der Waals surface area contributed by atoms with Gasteiger partial charge in [0.25, 0.3) is 0 Å². The molecule has 1 nitrogen and oxygen atoms in total. The number of rotatable bonds is 5. The quantitative estimate of drug-likeness (QED) is 0.250. The van der Waals surface area contributed by atoms with Gasteiger partial charge < -0.3 is 0 Å². The standard InChI is InChI=1S/C28H21Cl2NP/c29-22-18-21-16-17-27(30)26(28(21)31-19-22)20-32(23-10-4-1-5-11-23,24-12-6-2-7-13-24)25-14-8-3-9-15-25/h1-19H,20H2/q+1. The average molecular weight is 473 g/mol. The molecule has 1 aromatic heterocycles. The van der Waals surface area contributed by atoms with Crippen LogP contribution in [0.4, 0.5) is 0 Å². The second-order valence-electron chi connectivity index (χ2n) is 7.73. The second kappa shape index (κ2) is 9.04. The monoisotopic (exact) mass is 472 g/mol. The molecule has 156 valence electrons. The lowest BCUT2D eigenvalue weighted by Gasteiger charge is -2.28. The van der Waals surface area contributed by atoms with Crippen LogP contribution in [0.2, 0.25) is 10.0 Å². The summed E-state index contributed by atoms with van der Waals surface area (Å²) in [4.78, 5) is 4.71. The zero-order valence-corrected chi connectivity index (χ0v) is 19.7. The Balaban J connectivity index is 1.84. The van der Waals surface area contributed by atoms with Gasteiger partial charge in [0.05, 0.1) is 10.5 Å². The lowest BCUT2D eigenvalue weighted by Crippen LogP contribution is -2.32. The molecule has 0 aliphatic rings. The molecule has 4 aromatic carbocycles. The van der Waals surface area contributed by atoms with Gasteiger partial charge in [0.2, 0.25) is 0 Å². The molecule has 0 unspecified atom stereocenters. The first kappa shape index (κ1) is 21.2. The van der Waals surface area contributed by atoms with Crippen molar-refractivity contribution in [3.63, 3.8) is 0 Å². The van der Waals surface area contributed by atoms with Gasteiger partial charge in [-0.2, -0.15) is 0 Å². The zero-order valence-electron chi connectivity index (χ0n) is 17.3. The van der Waals surface area contributed by atoms with Crippen LogP contribution in [-0.4, -0.2) is 4.98 Å². The maximum atomic E-state index is 6.86. The molecule has 0 radical (unpaired) electrons. The molecule has 0 saturated heterocycles. The largest absolute Gasteiger partial charge is 0.254 e. The molecule has 1 heterocycles. The number of nitrogens with zero attached hydrogens (tertiary/aromatic N) is 1. The van der Waals surface area contributed by atoms with Crippen LogP contribution in [0.1, 0.15) is 5.56 Å². The van der Waals surface area contributed by atoms with Gasteiger partial charge in [0.1, 0.15) is 29.3 Å². The summed E-state index contributed by atoms with van der Waals surface area (Å²) in [5.74, 6) is 0. The first-order chi connectivity index (χ1) is 15.7. The van der Waals surface area contributed by atoms with Crippen LogP contribution in [0.25, 0.3) is 10.9 Å². The van der Waals surface area contributed by atoms with Crippen molar-refractivity contribution in [1.82, 2.24) is 4.98 Å². The minimum absolute atomic E-state index is 0.626. The van der Waals surface area contributed by atoms with E-state index in [0.29, 0.717) is 5.02 Å². The highest BCUT2D eigenvalue weighted by Crippen LogP contribution is 2.59. The predicted octanol–water partition coefficient (Wildman–Crippen LogP) is 7.04. The van der Waals surface area contributed by atoms with E-state index in [-0.39, 0.29) is 0 Å². The Morgan fingerprint density at radius 3 is 1.62 bits per heavy atom. The summed E-state index contributed by atoms with van der Waals surface area (Å²) in [6, 6.07) is 38.4. The molecule has 0 aliphatic carbocycles. The minimum atomic E-state index is -2.08. The first-order valence-corrected chi connectivity index (χ1v) is 13.2. The normalized spacial score (nSPS) is 11.6. The maximum Gasteiger partial charge on any atom is 0.116 e. The number of fused-ring (bicyclic) bond motifs is 1. The van der Waals surface area contributed by atoms with Crippen LogP contribution in [0, 0.1) is 0 Å². The minimum Gasteiger partial charge on any atom is -0.254 e. The van der Waals surface area contributed by atoms with Crippen molar-refractivity contribution in [3.05, 3.63) is 131 Å². The Kier molecular flexibility index (Phi) is 5.98. The molecule has 32 heavy (non-hydrogen) atoms. The molecule has 0 fully saturated rings. The third-order valence-electron chi connectivity index (χ3n) is 5.85. The first-order valence-electron chi connectivity index (χ1n) is 10.5. The van der Waals surface area contributed by atoms with Crippen molar-refractivity contribution in [2.45, 2.75) is 6.16 Å². The van der Waals surface area contributed by atoms with Gasteiger partial charge in [0, 0.05) is 22.2 Å². The van der Waals surface area contributed by atoms with Crippen molar-refractivity contribution in [1.29, 1.82) is 0 Å². The number of halogens is 2. The molecular formula is C28H21Cl2NP+. The van der Waals surface area contributed by atoms with E-state index < -0.39 is 7.26 Å². The highest BCUT2D eigenvalue weighted by molar-refractivity contribution is 7.95. The molecule has 0 bridgehead atoms. The summed E-state index contributed by atoms with van der Waals surface area (Å²) < 4.78 is 0. The van der Waals surface area contributed by atoms with Gasteiger partial charge in [0.15, 0.2) is 0 Å². The van der Waals surface area contributed by atoms with E-state index in [1.807, 2.05) is 18.2 Å². The molecule has 5 rings (SSSR count). The topological polar surface area (TPSA) is 12.9 Å². The number of benzene rings is 4. The van der Waals surface area contributed by atoms with Crippen molar-refractivity contribution in [2.75, 3.05) is 0 Å². The molecule has 0 spiro atoms. The van der Waals surface area contributed by atoms with Crippen molar-refractivity contribution in [3.8, 4) is 0 Å². The maximum absolute atomic E-state index is 6.86. The predicted molar refractivity (Wildman–Crippen MR) is 141 cm³/mol. The van der Waals surface area contributed by atoms with Crippen LogP contribution in [-0.2, 0) is 6.16 Å². The summed E-state index contributed by atoms with van der Waals surface area (Å²) in [5, 5.41) is 6.32. The highest BCUT2D eigenvalue weighted by Gasteiger charge is 2.46. The summed E-state index contributed by atoms with van der Waals surface area (Å²) in [7, 11) is -2.08. The summed E-state index contributed by atoms with van der Waals surface area (Å²) in [6.07, 6.45) is 2.48. The van der Waals surface area contributed by atoms with E-state index in [4.69, 9.17) is 28.2 Å². The molecule has 4 heteroatoms. The van der Waals surface area contributed by atoms with Gasteiger partial charge in [-0.25, -0.2) is 0 Å². The Morgan fingerprint density at radius 2 is 1.12 bits per heavy atom. The molecule has 5 aromatic rings. The van der Waals surface area contributed by atoms with Gasteiger partial charge >= 0.3 is 0 Å². The van der Waals surface area contributed by atoms with E-state index in [9.17, 15) is 0 Å². The fourth-order valence-corrected chi connectivity index (χ4v) is 9.13. The zero-order chi connectivity index (χ0) is 22.0. The number of hydrogen-bond donors (Lipinski definition) is 0. The Bertz CT molecular complexity index is 1260. The Hall–Kier alpha value is -2.70. The molecule has 0 saturated carbocycles. The molecular weight excluding hydrogens is 452 g/mol. The van der Waals surface area contributed by atoms with Crippen LogP contribution >= 0.6 is 30.5 Å². The summed E-state index contributed by atoms with van der Waals surface area (Å²) >= 11 is 13.1. The van der Waals surface area contributed by atoms with Crippen LogP contribution in [0.5, 0.6) is 0 Å². The van der Waals surface area contributed by atoms with E-state index in [1.54, 1.807) is 6.20 Å². The van der Waals surface area contributed by atoms with Crippen molar-refractivity contribution in [2.24, 2.45) is 0 Å². The van der Waals surface area contributed by atoms with E-state index in [2.05, 4.69) is 91.0 Å². The summed E-state index contributed by atoms with van der Waals surface area (Å²) in [6.45, 7) is 0. The van der Waals surface area contributed by atoms with E-state index >= 15 is 0 Å². The van der Waals surface area contributed by atoms with Crippen molar-refractivity contribution >= 4 is 57.3 Å². The molecule has 0 aliphatic heterocycles. The Labute approximate surface area is 199 Å². The highest BCUT2D eigenvalue weighted by atomic mass is 35.5. The smallest absolute Gasteiger partial charge is 0.116 e. The SMILES string of the molecule is Clc1cnc2c(C[P+](c3ccccc3)(c3ccccc3)c3ccccc3)c(Cl)ccc2c1. The lowest BCUT2D eigenvalue weighted by atomic mass is 10.1. The number of hydrogen-bond acceptors (Lipinski definition) is 1. The van der Waals surface area contributed by atoms with E-state index in [0.717, 1.165) is 27.7 Å². The van der Waals surface area contributed by atoms with Gasteiger partial charge in [-0.1, -0.05) is 83.9 Å². The van der Waals surface area contributed by atoms with E-state index in [1.165, 1.54) is 15.9 Å². The van der Waals surface area contributed by atoms with Crippen LogP contribution in [0.15, 0.2) is 115 Å². The molecule has 0 atom stereocenters. The fourth-order valence-electron chi connectivity index (χ4n) is 4.37. The molecule has 0 amide bonds. The van der Waals surface area contributed by atoms with Crippen LogP contribution < -0.4 is 15.9 Å². The third-order valence-corrected chi connectivity index (χ3v) is 10.7. The number of aromatic nitrogens is 1. The lowest BCUT2D eigenvalue weighted by molar-refractivity contribution is 1.34. The van der Waals surface area contributed by atoms with Crippen molar-refractivity contribution < 1.29 is 0 Å². The third kappa shape index (κ3) is 3.82. The Morgan fingerprint density at radius 1 is 0.625 bits per heavy atom. The summed E-state index contributed by atoms with van der Waals surface area (Å²) in [5.41, 5.74) is 1.97. The fraction of sp³-hybridized carbons (Fsp3) is 0.0357. The molecule has 0 N–H and O–H groups in total. The second-order valence-corrected chi connectivity index (χ2v) is 12.1. The van der Waals surface area contributed by atoms with Crippen LogP contribution in [0.3, 0.4) is 0 Å². The average Bonchev–Trinajstić information content (AvgIpc) is 2.85. The number of pyridine rings is 1. The van der Waals surface area contributed by atoms with Gasteiger partial charge in [-0.05, 0) is 48.5 Å². The van der Waals surface area contributed by atoms with Gasteiger partial charge in [-0.15, -0.1) is 0 Å². The van der Waals surface area contributed by atoms with Gasteiger partial charge in [-0.3, -0.25) is 4.98 Å².